The molecule has 0 aromatic heterocycles. The quantitative estimate of drug-likeness (QED) is 0.804. The third-order valence-electron chi connectivity index (χ3n) is 2.73. The molecule has 0 fully saturated rings. The topological polar surface area (TPSA) is 44.5 Å². The van der Waals surface area contributed by atoms with Gasteiger partial charge < -0.3 is 15.2 Å². The first-order chi connectivity index (χ1) is 8.78. The van der Waals surface area contributed by atoms with Gasteiger partial charge in [0.1, 0.15) is 0 Å². The molecule has 1 rings (SSSR count). The van der Waals surface area contributed by atoms with Crippen LogP contribution in [0.3, 0.4) is 0 Å². The van der Waals surface area contributed by atoms with E-state index in [-0.39, 0.29) is 11.6 Å². The number of benzene rings is 1. The van der Waals surface area contributed by atoms with Crippen molar-refractivity contribution in [2.45, 2.75) is 46.3 Å². The molecule has 3 heteroatoms. The fourth-order valence-corrected chi connectivity index (χ4v) is 1.94. The molecule has 0 aliphatic heterocycles. The molecule has 1 aromatic carbocycles. The summed E-state index contributed by atoms with van der Waals surface area (Å²) in [7, 11) is 0. The van der Waals surface area contributed by atoms with Gasteiger partial charge in [-0.1, -0.05) is 29.3 Å². The third-order valence-corrected chi connectivity index (χ3v) is 2.73. The van der Waals surface area contributed by atoms with E-state index >= 15 is 0 Å². The summed E-state index contributed by atoms with van der Waals surface area (Å²) in [6, 6.07) is 6.31. The standard InChI is InChI=1S/C16H27NO2/c1-12-8-13(2)10-14(9-12)15(17)11-18-6-7-19-16(3,4)5/h8-10,15H,6-7,11,17H2,1-5H3. The number of hydrogen-bond acceptors (Lipinski definition) is 3. The Morgan fingerprint density at radius 1 is 1.05 bits per heavy atom. The first-order valence-corrected chi connectivity index (χ1v) is 6.83. The van der Waals surface area contributed by atoms with Gasteiger partial charge in [0.05, 0.1) is 31.5 Å². The molecule has 0 spiro atoms. The van der Waals surface area contributed by atoms with Crippen LogP contribution in [0.4, 0.5) is 0 Å². The maximum atomic E-state index is 6.13. The van der Waals surface area contributed by atoms with Gasteiger partial charge in [0.2, 0.25) is 0 Å². The van der Waals surface area contributed by atoms with Gasteiger partial charge in [-0.3, -0.25) is 0 Å². The molecule has 3 nitrogen and oxygen atoms in total. The summed E-state index contributed by atoms with van der Waals surface area (Å²) < 4.78 is 11.2. The van der Waals surface area contributed by atoms with Crippen LogP contribution in [0.25, 0.3) is 0 Å². The predicted octanol–water partition coefficient (Wildman–Crippen LogP) is 3.13. The molecular formula is C16H27NO2. The van der Waals surface area contributed by atoms with Crippen molar-refractivity contribution in [2.24, 2.45) is 5.73 Å². The van der Waals surface area contributed by atoms with Crippen molar-refractivity contribution in [1.29, 1.82) is 0 Å². The average molecular weight is 265 g/mol. The maximum absolute atomic E-state index is 6.13. The fraction of sp³-hybridized carbons (Fsp3) is 0.625. The fourth-order valence-electron chi connectivity index (χ4n) is 1.94. The highest BCUT2D eigenvalue weighted by Gasteiger charge is 2.10. The van der Waals surface area contributed by atoms with Gasteiger partial charge in [0.25, 0.3) is 0 Å². The van der Waals surface area contributed by atoms with E-state index in [0.29, 0.717) is 19.8 Å². The van der Waals surface area contributed by atoms with Crippen LogP contribution in [0.1, 0.15) is 43.5 Å². The largest absolute Gasteiger partial charge is 0.377 e. The first kappa shape index (κ1) is 16.2. The van der Waals surface area contributed by atoms with E-state index in [2.05, 4.69) is 32.0 Å². The number of hydrogen-bond donors (Lipinski definition) is 1. The van der Waals surface area contributed by atoms with E-state index in [1.165, 1.54) is 11.1 Å². The van der Waals surface area contributed by atoms with Gasteiger partial charge in [-0.2, -0.15) is 0 Å². The number of rotatable bonds is 6. The Hall–Kier alpha value is -0.900. The van der Waals surface area contributed by atoms with Crippen LogP contribution in [-0.4, -0.2) is 25.4 Å². The molecule has 108 valence electrons. The monoisotopic (exact) mass is 265 g/mol. The van der Waals surface area contributed by atoms with E-state index in [1.807, 2.05) is 20.8 Å². The highest BCUT2D eigenvalue weighted by atomic mass is 16.5. The molecule has 0 radical (unpaired) electrons. The molecule has 19 heavy (non-hydrogen) atoms. The zero-order chi connectivity index (χ0) is 14.5. The van der Waals surface area contributed by atoms with Gasteiger partial charge in [-0.15, -0.1) is 0 Å². The summed E-state index contributed by atoms with van der Waals surface area (Å²) in [6.07, 6.45) is 0. The molecule has 1 aromatic rings. The predicted molar refractivity (Wildman–Crippen MR) is 79.4 cm³/mol. The molecule has 0 heterocycles. The Bertz CT molecular complexity index is 376. The van der Waals surface area contributed by atoms with Gasteiger partial charge in [0, 0.05) is 0 Å². The van der Waals surface area contributed by atoms with E-state index in [1.54, 1.807) is 0 Å². The molecule has 1 atom stereocenters. The SMILES string of the molecule is Cc1cc(C)cc(C(N)COCCOC(C)(C)C)c1. The van der Waals surface area contributed by atoms with Crippen LogP contribution in [-0.2, 0) is 9.47 Å². The van der Waals surface area contributed by atoms with Crippen LogP contribution in [0, 0.1) is 13.8 Å². The minimum absolute atomic E-state index is 0.0757. The zero-order valence-corrected chi connectivity index (χ0v) is 12.8. The summed E-state index contributed by atoms with van der Waals surface area (Å²) in [5, 5.41) is 0. The second kappa shape index (κ2) is 7.04. The van der Waals surface area contributed by atoms with Crippen molar-refractivity contribution >= 4 is 0 Å². The summed E-state index contributed by atoms with van der Waals surface area (Å²) in [5.74, 6) is 0. The Labute approximate surface area is 117 Å². The maximum Gasteiger partial charge on any atom is 0.0707 e. The van der Waals surface area contributed by atoms with Crippen molar-refractivity contribution in [1.82, 2.24) is 0 Å². The summed E-state index contributed by atoms with van der Waals surface area (Å²) in [5.41, 5.74) is 9.63. The van der Waals surface area contributed by atoms with Gasteiger partial charge in [-0.05, 0) is 40.2 Å². The van der Waals surface area contributed by atoms with E-state index in [0.717, 1.165) is 5.56 Å². The smallest absolute Gasteiger partial charge is 0.0707 e. The van der Waals surface area contributed by atoms with E-state index in [4.69, 9.17) is 15.2 Å². The molecule has 1 unspecified atom stereocenters. The summed E-state index contributed by atoms with van der Waals surface area (Å²) >= 11 is 0. The van der Waals surface area contributed by atoms with Gasteiger partial charge in [0.15, 0.2) is 0 Å². The highest BCUT2D eigenvalue weighted by Crippen LogP contribution is 2.15. The van der Waals surface area contributed by atoms with Crippen molar-refractivity contribution in [3.05, 3.63) is 34.9 Å². The summed E-state index contributed by atoms with van der Waals surface area (Å²) in [4.78, 5) is 0. The van der Waals surface area contributed by atoms with Crippen molar-refractivity contribution < 1.29 is 9.47 Å². The second-order valence-electron chi connectivity index (χ2n) is 6.06. The van der Waals surface area contributed by atoms with Gasteiger partial charge >= 0.3 is 0 Å². The van der Waals surface area contributed by atoms with Crippen LogP contribution in [0.5, 0.6) is 0 Å². The molecule has 0 aliphatic carbocycles. The van der Waals surface area contributed by atoms with Crippen molar-refractivity contribution in [3.8, 4) is 0 Å². The van der Waals surface area contributed by atoms with Crippen LogP contribution < -0.4 is 5.73 Å². The van der Waals surface area contributed by atoms with Crippen LogP contribution >= 0.6 is 0 Å². The van der Waals surface area contributed by atoms with E-state index < -0.39 is 0 Å². The lowest BCUT2D eigenvalue weighted by Gasteiger charge is -2.20. The first-order valence-electron chi connectivity index (χ1n) is 6.83. The van der Waals surface area contributed by atoms with E-state index in [9.17, 15) is 0 Å². The minimum atomic E-state index is -0.112. The molecule has 0 aliphatic rings. The number of aryl methyl sites for hydroxylation is 2. The number of nitrogens with two attached hydrogens (primary N) is 1. The second-order valence-corrected chi connectivity index (χ2v) is 6.06. The lowest BCUT2D eigenvalue weighted by Crippen LogP contribution is -2.23. The van der Waals surface area contributed by atoms with Crippen molar-refractivity contribution in [2.75, 3.05) is 19.8 Å². The molecule has 0 amide bonds. The van der Waals surface area contributed by atoms with Crippen LogP contribution in [0.15, 0.2) is 18.2 Å². The third kappa shape index (κ3) is 6.71. The molecule has 0 saturated carbocycles. The Kier molecular flexibility index (Phi) is 5.98. The van der Waals surface area contributed by atoms with Crippen LogP contribution in [0.2, 0.25) is 0 Å². The molecule has 2 N–H and O–H groups in total. The molecular weight excluding hydrogens is 238 g/mol. The lowest BCUT2D eigenvalue weighted by molar-refractivity contribution is -0.0363. The Morgan fingerprint density at radius 2 is 1.63 bits per heavy atom. The molecule has 0 saturated heterocycles. The lowest BCUT2D eigenvalue weighted by atomic mass is 10.0. The minimum Gasteiger partial charge on any atom is -0.377 e. The van der Waals surface area contributed by atoms with Crippen molar-refractivity contribution in [3.63, 3.8) is 0 Å². The normalized spacial score (nSPS) is 13.6. The zero-order valence-electron chi connectivity index (χ0n) is 12.8. The van der Waals surface area contributed by atoms with Gasteiger partial charge in [-0.25, -0.2) is 0 Å². The molecule has 0 bridgehead atoms. The highest BCUT2D eigenvalue weighted by molar-refractivity contribution is 5.30. The Balaban J connectivity index is 2.33. The summed E-state index contributed by atoms with van der Waals surface area (Å²) in [6.45, 7) is 12.0. The number of ether oxygens (including phenoxy) is 2. The average Bonchev–Trinajstić information content (AvgIpc) is 2.25. The Morgan fingerprint density at radius 3 is 2.16 bits per heavy atom.